The molecular formula is C20H25N5O4S. The molecule has 0 unspecified atom stereocenters. The highest BCUT2D eigenvalue weighted by Crippen LogP contribution is 2.22. The van der Waals surface area contributed by atoms with Crippen LogP contribution in [0.2, 0.25) is 0 Å². The van der Waals surface area contributed by atoms with Crippen LogP contribution in [0.25, 0.3) is 10.9 Å². The third-order valence-corrected chi connectivity index (χ3v) is 6.89. The van der Waals surface area contributed by atoms with Gasteiger partial charge >= 0.3 is 0 Å². The molecule has 0 atom stereocenters. The van der Waals surface area contributed by atoms with E-state index in [1.807, 2.05) is 10.8 Å². The first kappa shape index (κ1) is 21.7. The number of carbonyl (C=O) groups is 1. The predicted molar refractivity (Wildman–Crippen MR) is 114 cm³/mol. The van der Waals surface area contributed by atoms with Crippen LogP contribution >= 0.6 is 0 Å². The van der Waals surface area contributed by atoms with Crippen molar-refractivity contribution >= 4 is 26.8 Å². The lowest BCUT2D eigenvalue weighted by Crippen LogP contribution is -2.30. The monoisotopic (exact) mass is 431 g/mol. The molecule has 0 radical (unpaired) electrons. The van der Waals surface area contributed by atoms with Gasteiger partial charge < -0.3 is 14.9 Å². The van der Waals surface area contributed by atoms with Gasteiger partial charge in [0.1, 0.15) is 0 Å². The number of hydrogen-bond donors (Lipinski definition) is 2. The number of aromatic nitrogens is 3. The average molecular weight is 432 g/mol. The molecule has 10 heteroatoms. The first-order chi connectivity index (χ1) is 14.4. The molecule has 0 aliphatic rings. The summed E-state index contributed by atoms with van der Waals surface area (Å²) < 4.78 is 29.0. The number of aromatic amines is 1. The summed E-state index contributed by atoms with van der Waals surface area (Å²) in [4.78, 5) is 31.4. The second kappa shape index (κ2) is 9.23. The van der Waals surface area contributed by atoms with Crippen molar-refractivity contribution in [2.24, 2.45) is 0 Å². The molecule has 0 saturated carbocycles. The highest BCUT2D eigenvalue weighted by atomic mass is 32.2. The van der Waals surface area contributed by atoms with E-state index in [0.29, 0.717) is 43.5 Å². The smallest absolute Gasteiger partial charge is 0.252 e. The number of carbonyl (C=O) groups excluding carboxylic acids is 1. The zero-order valence-corrected chi connectivity index (χ0v) is 17.8. The number of sulfonamides is 1. The molecule has 1 amide bonds. The van der Waals surface area contributed by atoms with Crippen molar-refractivity contribution in [2.45, 2.75) is 31.7 Å². The number of nitrogens with one attached hydrogen (secondary N) is 2. The van der Waals surface area contributed by atoms with E-state index in [0.717, 1.165) is 0 Å². The van der Waals surface area contributed by atoms with Crippen molar-refractivity contribution < 1.29 is 13.2 Å². The van der Waals surface area contributed by atoms with Crippen molar-refractivity contribution in [1.82, 2.24) is 24.2 Å². The van der Waals surface area contributed by atoms with E-state index >= 15 is 0 Å². The standard InChI is InChI=1S/C20H25N5O4S/c1-3-25(4-2)30(28,29)15-6-7-18-16(12-15)17(13-19(26)23-18)20(27)22-8-5-10-24-11-9-21-14-24/h6-7,9,11-14H,3-5,8,10H2,1-2H3,(H,22,27)(H,23,26). The molecule has 0 bridgehead atoms. The number of nitrogens with zero attached hydrogens (tertiary/aromatic N) is 3. The van der Waals surface area contributed by atoms with Gasteiger partial charge in [0.05, 0.1) is 16.8 Å². The van der Waals surface area contributed by atoms with E-state index in [1.165, 1.54) is 28.6 Å². The van der Waals surface area contributed by atoms with E-state index in [9.17, 15) is 18.0 Å². The first-order valence-corrected chi connectivity index (χ1v) is 11.2. The van der Waals surface area contributed by atoms with Crippen molar-refractivity contribution in [1.29, 1.82) is 0 Å². The Kier molecular flexibility index (Phi) is 6.68. The number of fused-ring (bicyclic) bond motifs is 1. The third kappa shape index (κ3) is 4.60. The van der Waals surface area contributed by atoms with Gasteiger partial charge in [-0.1, -0.05) is 13.8 Å². The van der Waals surface area contributed by atoms with E-state index in [4.69, 9.17) is 0 Å². The lowest BCUT2D eigenvalue weighted by atomic mass is 10.1. The van der Waals surface area contributed by atoms with E-state index in [2.05, 4.69) is 15.3 Å². The van der Waals surface area contributed by atoms with Crippen molar-refractivity contribution in [3.05, 3.63) is 58.9 Å². The van der Waals surface area contributed by atoms with Crippen LogP contribution in [0.3, 0.4) is 0 Å². The van der Waals surface area contributed by atoms with Crippen molar-refractivity contribution in [3.63, 3.8) is 0 Å². The number of hydrogen-bond acceptors (Lipinski definition) is 5. The van der Waals surface area contributed by atoms with Gasteiger partial charge in [0.2, 0.25) is 15.6 Å². The van der Waals surface area contributed by atoms with Gasteiger partial charge in [-0.3, -0.25) is 9.59 Å². The quantitative estimate of drug-likeness (QED) is 0.499. The van der Waals surface area contributed by atoms with Crippen LogP contribution < -0.4 is 10.9 Å². The lowest BCUT2D eigenvalue weighted by Gasteiger charge is -2.19. The number of pyridine rings is 1. The summed E-state index contributed by atoms with van der Waals surface area (Å²) in [6.45, 7) is 5.31. The van der Waals surface area contributed by atoms with Crippen LogP contribution in [-0.4, -0.2) is 52.8 Å². The first-order valence-electron chi connectivity index (χ1n) is 9.78. The second-order valence-corrected chi connectivity index (χ2v) is 8.69. The molecule has 2 aromatic heterocycles. The second-order valence-electron chi connectivity index (χ2n) is 6.75. The minimum absolute atomic E-state index is 0.0832. The van der Waals surface area contributed by atoms with Crippen molar-refractivity contribution in [3.8, 4) is 0 Å². The number of rotatable bonds is 9. The molecule has 3 rings (SSSR count). The summed E-state index contributed by atoms with van der Waals surface area (Å²) in [5, 5.41) is 3.18. The maximum Gasteiger partial charge on any atom is 0.252 e. The molecule has 0 spiro atoms. The minimum Gasteiger partial charge on any atom is -0.352 e. The fourth-order valence-corrected chi connectivity index (χ4v) is 4.76. The fraction of sp³-hybridized carbons (Fsp3) is 0.350. The maximum absolute atomic E-state index is 12.9. The molecular weight excluding hydrogens is 406 g/mol. The Morgan fingerprint density at radius 3 is 2.67 bits per heavy atom. The Morgan fingerprint density at radius 1 is 1.23 bits per heavy atom. The number of H-pyrrole nitrogens is 1. The summed E-state index contributed by atoms with van der Waals surface area (Å²) in [5.74, 6) is -0.422. The zero-order valence-electron chi connectivity index (χ0n) is 17.0. The van der Waals surface area contributed by atoms with Crippen LogP contribution in [0, 0.1) is 0 Å². The Morgan fingerprint density at radius 2 is 2.00 bits per heavy atom. The van der Waals surface area contributed by atoms with E-state index < -0.39 is 21.5 Å². The molecule has 2 heterocycles. The fourth-order valence-electron chi connectivity index (χ4n) is 3.27. The molecule has 160 valence electrons. The van der Waals surface area contributed by atoms with Gasteiger partial charge in [0, 0.05) is 55.5 Å². The zero-order chi connectivity index (χ0) is 21.7. The molecule has 9 nitrogen and oxygen atoms in total. The Hall–Kier alpha value is -2.98. The minimum atomic E-state index is -3.69. The third-order valence-electron chi connectivity index (χ3n) is 4.84. The van der Waals surface area contributed by atoms with Gasteiger partial charge in [-0.25, -0.2) is 13.4 Å². The number of imidazole rings is 1. The van der Waals surface area contributed by atoms with E-state index in [1.54, 1.807) is 26.4 Å². The van der Waals surface area contributed by atoms with Crippen LogP contribution in [-0.2, 0) is 16.6 Å². The largest absolute Gasteiger partial charge is 0.352 e. The molecule has 3 aromatic rings. The molecule has 0 saturated heterocycles. The highest BCUT2D eigenvalue weighted by molar-refractivity contribution is 7.89. The van der Waals surface area contributed by atoms with Crippen LogP contribution in [0.15, 0.2) is 52.7 Å². The van der Waals surface area contributed by atoms with Crippen LogP contribution in [0.5, 0.6) is 0 Å². The molecule has 0 fully saturated rings. The highest BCUT2D eigenvalue weighted by Gasteiger charge is 2.23. The molecule has 1 aromatic carbocycles. The Balaban J connectivity index is 1.87. The Bertz CT molecular complexity index is 1180. The van der Waals surface area contributed by atoms with Gasteiger partial charge in [-0.15, -0.1) is 0 Å². The van der Waals surface area contributed by atoms with E-state index in [-0.39, 0.29) is 10.5 Å². The van der Waals surface area contributed by atoms with Crippen LogP contribution in [0.1, 0.15) is 30.6 Å². The predicted octanol–water partition coefficient (Wildman–Crippen LogP) is 1.58. The van der Waals surface area contributed by atoms with Gasteiger partial charge in [0.25, 0.3) is 5.91 Å². The number of amides is 1. The topological polar surface area (TPSA) is 117 Å². The summed E-state index contributed by atoms with van der Waals surface area (Å²) in [7, 11) is -3.69. The maximum atomic E-state index is 12.9. The lowest BCUT2D eigenvalue weighted by molar-refractivity contribution is 0.0954. The summed E-state index contributed by atoms with van der Waals surface area (Å²) in [6.07, 6.45) is 5.91. The summed E-state index contributed by atoms with van der Waals surface area (Å²) >= 11 is 0. The van der Waals surface area contributed by atoms with Crippen LogP contribution in [0.4, 0.5) is 0 Å². The molecule has 30 heavy (non-hydrogen) atoms. The summed E-state index contributed by atoms with van der Waals surface area (Å²) in [6, 6.07) is 5.60. The van der Waals surface area contributed by atoms with Gasteiger partial charge in [0.15, 0.2) is 0 Å². The van der Waals surface area contributed by atoms with Crippen molar-refractivity contribution in [2.75, 3.05) is 19.6 Å². The number of aryl methyl sites for hydroxylation is 1. The molecule has 2 N–H and O–H groups in total. The molecule has 0 aliphatic carbocycles. The average Bonchev–Trinajstić information content (AvgIpc) is 3.24. The number of benzene rings is 1. The van der Waals surface area contributed by atoms with Gasteiger partial charge in [-0.05, 0) is 24.6 Å². The normalized spacial score (nSPS) is 11.8. The van der Waals surface area contributed by atoms with Gasteiger partial charge in [-0.2, -0.15) is 4.31 Å². The SMILES string of the molecule is CCN(CC)S(=O)(=O)c1ccc2[nH]c(=O)cc(C(=O)NCCCn3ccnc3)c2c1. The summed E-state index contributed by atoms with van der Waals surface area (Å²) in [5.41, 5.74) is 0.128. The Labute approximate surface area is 174 Å². The molecule has 0 aliphatic heterocycles.